The van der Waals surface area contributed by atoms with Gasteiger partial charge in [-0.05, 0) is 25.2 Å². The normalized spacial score (nSPS) is 11.5. The number of hydrogen-bond acceptors (Lipinski definition) is 5. The zero-order valence-electron chi connectivity index (χ0n) is 10.7. The van der Waals surface area contributed by atoms with Crippen molar-refractivity contribution in [3.8, 4) is 0 Å². The molecule has 0 fully saturated rings. The first-order valence-corrected chi connectivity index (χ1v) is 7.12. The summed E-state index contributed by atoms with van der Waals surface area (Å²) in [5, 5.41) is 10.9. The number of nitrogens with one attached hydrogen (secondary N) is 2. The summed E-state index contributed by atoms with van der Waals surface area (Å²) in [4.78, 5) is 0.221. The van der Waals surface area contributed by atoms with Crippen LogP contribution in [0.1, 0.15) is 5.69 Å². The summed E-state index contributed by atoms with van der Waals surface area (Å²) >= 11 is 0. The fourth-order valence-electron chi connectivity index (χ4n) is 1.56. The minimum atomic E-state index is -3.42. The van der Waals surface area contributed by atoms with E-state index in [-0.39, 0.29) is 4.90 Å². The summed E-state index contributed by atoms with van der Waals surface area (Å²) < 4.78 is 27.2. The van der Waals surface area contributed by atoms with Crippen molar-refractivity contribution in [2.45, 2.75) is 11.4 Å². The maximum Gasteiger partial charge on any atom is 0.240 e. The van der Waals surface area contributed by atoms with Crippen molar-refractivity contribution in [3.05, 3.63) is 36.2 Å². The summed E-state index contributed by atoms with van der Waals surface area (Å²) in [6.45, 7) is 0.483. The van der Waals surface area contributed by atoms with Crippen molar-refractivity contribution in [3.63, 3.8) is 0 Å². The number of sulfonamides is 1. The lowest BCUT2D eigenvalue weighted by molar-refractivity contribution is 0.588. The highest BCUT2D eigenvalue weighted by molar-refractivity contribution is 7.89. The summed E-state index contributed by atoms with van der Waals surface area (Å²) in [7, 11) is -0.249. The Hall–Kier alpha value is -1.93. The molecule has 0 amide bonds. The van der Waals surface area contributed by atoms with E-state index in [0.29, 0.717) is 12.2 Å². The van der Waals surface area contributed by atoms with E-state index in [0.717, 1.165) is 5.69 Å². The minimum absolute atomic E-state index is 0.221. The molecule has 0 spiro atoms. The van der Waals surface area contributed by atoms with Crippen LogP contribution < -0.4 is 10.0 Å². The number of benzene rings is 1. The molecule has 19 heavy (non-hydrogen) atoms. The van der Waals surface area contributed by atoms with Crippen molar-refractivity contribution in [2.24, 2.45) is 7.05 Å². The SMILES string of the molecule is CNS(=O)(=O)c1cccc(NCc2cn(C)nn2)c1. The van der Waals surface area contributed by atoms with Crippen molar-refractivity contribution < 1.29 is 8.42 Å². The number of aromatic nitrogens is 3. The van der Waals surface area contributed by atoms with Gasteiger partial charge in [0.25, 0.3) is 0 Å². The zero-order valence-corrected chi connectivity index (χ0v) is 11.5. The highest BCUT2D eigenvalue weighted by Gasteiger charge is 2.11. The van der Waals surface area contributed by atoms with Crippen LogP contribution in [0.3, 0.4) is 0 Å². The minimum Gasteiger partial charge on any atom is -0.379 e. The largest absolute Gasteiger partial charge is 0.379 e. The van der Waals surface area contributed by atoms with Gasteiger partial charge in [-0.2, -0.15) is 0 Å². The molecule has 2 rings (SSSR count). The Balaban J connectivity index is 2.11. The lowest BCUT2D eigenvalue weighted by atomic mass is 10.3. The number of rotatable bonds is 5. The van der Waals surface area contributed by atoms with Gasteiger partial charge in [-0.1, -0.05) is 11.3 Å². The van der Waals surface area contributed by atoms with Crippen LogP contribution in [0.2, 0.25) is 0 Å². The fourth-order valence-corrected chi connectivity index (χ4v) is 2.34. The standard InChI is InChI=1S/C11H15N5O2S/c1-12-19(17,18)11-5-3-4-9(6-11)13-7-10-8-16(2)15-14-10/h3-6,8,12-13H,7H2,1-2H3. The van der Waals surface area contributed by atoms with Gasteiger partial charge >= 0.3 is 0 Å². The molecule has 1 aromatic heterocycles. The van der Waals surface area contributed by atoms with Gasteiger partial charge in [0.1, 0.15) is 5.69 Å². The molecular weight excluding hydrogens is 266 g/mol. The van der Waals surface area contributed by atoms with Gasteiger partial charge in [0, 0.05) is 18.9 Å². The Kier molecular flexibility index (Phi) is 3.82. The highest BCUT2D eigenvalue weighted by Crippen LogP contribution is 2.15. The van der Waals surface area contributed by atoms with E-state index in [1.165, 1.54) is 7.05 Å². The van der Waals surface area contributed by atoms with E-state index in [9.17, 15) is 8.42 Å². The van der Waals surface area contributed by atoms with Gasteiger partial charge < -0.3 is 5.32 Å². The Morgan fingerprint density at radius 3 is 2.79 bits per heavy atom. The summed E-state index contributed by atoms with van der Waals surface area (Å²) in [5.41, 5.74) is 1.49. The third kappa shape index (κ3) is 3.30. The topological polar surface area (TPSA) is 88.9 Å². The predicted octanol–water partition coefficient (Wildman–Crippen LogP) is 0.335. The van der Waals surface area contributed by atoms with Gasteiger partial charge in [0.15, 0.2) is 0 Å². The van der Waals surface area contributed by atoms with Gasteiger partial charge in [0.05, 0.1) is 11.4 Å². The molecule has 0 unspecified atom stereocenters. The third-order valence-corrected chi connectivity index (χ3v) is 3.95. The molecule has 1 heterocycles. The van der Waals surface area contributed by atoms with Gasteiger partial charge in [-0.3, -0.25) is 4.68 Å². The fraction of sp³-hybridized carbons (Fsp3) is 0.273. The van der Waals surface area contributed by atoms with E-state index in [4.69, 9.17) is 0 Å². The summed E-state index contributed by atoms with van der Waals surface area (Å²) in [5.74, 6) is 0. The van der Waals surface area contributed by atoms with Crippen molar-refractivity contribution >= 4 is 15.7 Å². The summed E-state index contributed by atoms with van der Waals surface area (Å²) in [6.07, 6.45) is 1.79. The maximum atomic E-state index is 11.7. The van der Waals surface area contributed by atoms with Crippen LogP contribution >= 0.6 is 0 Å². The molecule has 0 aliphatic carbocycles. The average Bonchev–Trinajstić information content (AvgIpc) is 2.82. The predicted molar refractivity (Wildman–Crippen MR) is 71.0 cm³/mol. The summed E-state index contributed by atoms with van der Waals surface area (Å²) in [6, 6.07) is 6.59. The Morgan fingerprint density at radius 1 is 1.37 bits per heavy atom. The van der Waals surface area contributed by atoms with E-state index in [1.54, 1.807) is 42.2 Å². The lowest BCUT2D eigenvalue weighted by Gasteiger charge is -2.07. The first-order valence-electron chi connectivity index (χ1n) is 5.64. The van der Waals surface area contributed by atoms with Crippen LogP contribution in [0.25, 0.3) is 0 Å². The molecule has 0 aliphatic heterocycles. The number of nitrogens with zero attached hydrogens (tertiary/aromatic N) is 3. The molecule has 2 aromatic rings. The monoisotopic (exact) mass is 281 g/mol. The van der Waals surface area contributed by atoms with Gasteiger partial charge in [-0.15, -0.1) is 5.10 Å². The molecule has 2 N–H and O–H groups in total. The molecule has 0 radical (unpaired) electrons. The van der Waals surface area contributed by atoms with Crippen LogP contribution in [0.5, 0.6) is 0 Å². The average molecular weight is 281 g/mol. The van der Waals surface area contributed by atoms with E-state index >= 15 is 0 Å². The van der Waals surface area contributed by atoms with E-state index in [2.05, 4.69) is 20.4 Å². The quantitative estimate of drug-likeness (QED) is 0.824. The number of aryl methyl sites for hydroxylation is 1. The van der Waals surface area contributed by atoms with E-state index < -0.39 is 10.0 Å². The van der Waals surface area contributed by atoms with Crippen molar-refractivity contribution in [1.82, 2.24) is 19.7 Å². The molecule has 8 heteroatoms. The lowest BCUT2D eigenvalue weighted by Crippen LogP contribution is -2.18. The molecule has 0 saturated heterocycles. The Morgan fingerprint density at radius 2 is 2.16 bits per heavy atom. The van der Waals surface area contributed by atoms with Gasteiger partial charge in [-0.25, -0.2) is 13.1 Å². The molecular formula is C11H15N5O2S. The molecule has 0 atom stereocenters. The third-order valence-electron chi connectivity index (χ3n) is 2.54. The van der Waals surface area contributed by atoms with Crippen LogP contribution in [-0.2, 0) is 23.6 Å². The second-order valence-electron chi connectivity index (χ2n) is 3.97. The molecule has 7 nitrogen and oxygen atoms in total. The van der Waals surface area contributed by atoms with Crippen molar-refractivity contribution in [2.75, 3.05) is 12.4 Å². The Labute approximate surface area is 111 Å². The molecule has 1 aromatic carbocycles. The molecule has 0 saturated carbocycles. The number of hydrogen-bond donors (Lipinski definition) is 2. The number of anilines is 1. The van der Waals surface area contributed by atoms with Gasteiger partial charge in [0.2, 0.25) is 10.0 Å². The van der Waals surface area contributed by atoms with Crippen LogP contribution in [-0.4, -0.2) is 30.5 Å². The van der Waals surface area contributed by atoms with Crippen molar-refractivity contribution in [1.29, 1.82) is 0 Å². The molecule has 0 bridgehead atoms. The van der Waals surface area contributed by atoms with Crippen LogP contribution in [0, 0.1) is 0 Å². The smallest absolute Gasteiger partial charge is 0.240 e. The second kappa shape index (κ2) is 5.37. The first kappa shape index (κ1) is 13.5. The highest BCUT2D eigenvalue weighted by atomic mass is 32.2. The molecule has 102 valence electrons. The maximum absolute atomic E-state index is 11.7. The second-order valence-corrected chi connectivity index (χ2v) is 5.86. The zero-order chi connectivity index (χ0) is 13.9. The van der Waals surface area contributed by atoms with E-state index in [1.807, 2.05) is 0 Å². The molecule has 0 aliphatic rings. The van der Waals surface area contributed by atoms with Crippen LogP contribution in [0.4, 0.5) is 5.69 Å². The first-order chi connectivity index (χ1) is 9.01. The Bertz CT molecular complexity index is 665. The van der Waals surface area contributed by atoms with Crippen LogP contribution in [0.15, 0.2) is 35.4 Å².